The molecule has 0 N–H and O–H groups in total. The van der Waals surface area contributed by atoms with Crippen molar-refractivity contribution in [1.29, 1.82) is 0 Å². The summed E-state index contributed by atoms with van der Waals surface area (Å²) in [6, 6.07) is 27.8. The van der Waals surface area contributed by atoms with Crippen LogP contribution in [0.15, 0.2) is 89.8 Å². The third-order valence-electron chi connectivity index (χ3n) is 5.37. The average Bonchev–Trinajstić information content (AvgIpc) is 2.74. The van der Waals surface area contributed by atoms with Crippen LogP contribution in [0.25, 0.3) is 0 Å². The first kappa shape index (κ1) is 23.8. The normalized spacial score (nSPS) is 12.6. The second kappa shape index (κ2) is 9.73. The van der Waals surface area contributed by atoms with Gasteiger partial charge in [0.2, 0.25) is 8.87 Å². The highest BCUT2D eigenvalue weighted by Crippen LogP contribution is 2.37. The Hall–Kier alpha value is -1.86. The maximum absolute atomic E-state index is 12.7. The Morgan fingerprint density at radius 2 is 1.29 bits per heavy atom. The van der Waals surface area contributed by atoms with E-state index in [0.29, 0.717) is 17.3 Å². The van der Waals surface area contributed by atoms with Crippen LogP contribution < -0.4 is 10.4 Å². The summed E-state index contributed by atoms with van der Waals surface area (Å²) in [6.45, 7) is 8.96. The van der Waals surface area contributed by atoms with E-state index in [0.717, 1.165) is 16.4 Å². The maximum atomic E-state index is 12.7. The molecule has 3 nitrogen and oxygen atoms in total. The second-order valence-corrected chi connectivity index (χ2v) is 17.0. The van der Waals surface area contributed by atoms with Crippen molar-refractivity contribution in [3.05, 3.63) is 90.5 Å². The van der Waals surface area contributed by atoms with Crippen LogP contribution in [0.5, 0.6) is 0 Å². The van der Waals surface area contributed by atoms with Crippen LogP contribution in [0, 0.1) is 6.92 Å². The van der Waals surface area contributed by atoms with Gasteiger partial charge >= 0.3 is 0 Å². The van der Waals surface area contributed by atoms with Gasteiger partial charge in [-0.3, -0.25) is 0 Å². The van der Waals surface area contributed by atoms with Crippen molar-refractivity contribution in [2.24, 2.45) is 0 Å². The minimum absolute atomic E-state index is 0.129. The smallest absolute Gasteiger partial charge is 0.261 e. The highest BCUT2D eigenvalue weighted by molar-refractivity contribution is 8.72. The van der Waals surface area contributed by atoms with Gasteiger partial charge in [-0.05, 0) is 45.3 Å². The molecule has 3 aromatic rings. The summed E-state index contributed by atoms with van der Waals surface area (Å²) in [4.78, 5) is 0.341. The van der Waals surface area contributed by atoms with Crippen molar-refractivity contribution in [2.75, 3.05) is 12.4 Å². The third kappa shape index (κ3) is 5.31. The highest BCUT2D eigenvalue weighted by Gasteiger charge is 2.50. The van der Waals surface area contributed by atoms with Crippen molar-refractivity contribution in [3.8, 4) is 0 Å². The number of hydrogen-bond acceptors (Lipinski definition) is 4. The van der Waals surface area contributed by atoms with Crippen LogP contribution >= 0.6 is 10.8 Å². The highest BCUT2D eigenvalue weighted by atomic mass is 33.1. The molecule has 0 spiro atoms. The predicted molar refractivity (Wildman–Crippen MR) is 134 cm³/mol. The van der Waals surface area contributed by atoms with Crippen molar-refractivity contribution in [3.63, 3.8) is 0 Å². The zero-order valence-electron chi connectivity index (χ0n) is 18.5. The number of hydrogen-bond donors (Lipinski definition) is 0. The van der Waals surface area contributed by atoms with E-state index < -0.39 is 17.2 Å². The first-order chi connectivity index (χ1) is 14.7. The molecule has 0 bridgehead atoms. The molecule has 0 saturated heterocycles. The van der Waals surface area contributed by atoms with Crippen molar-refractivity contribution >= 4 is 38.4 Å². The van der Waals surface area contributed by atoms with Gasteiger partial charge in [-0.25, -0.2) is 8.42 Å². The summed E-state index contributed by atoms with van der Waals surface area (Å²) in [5.41, 5.74) is 1.04. The quantitative estimate of drug-likeness (QED) is 0.264. The molecular weight excluding hydrogens is 440 g/mol. The van der Waals surface area contributed by atoms with Crippen molar-refractivity contribution in [1.82, 2.24) is 0 Å². The molecule has 0 aromatic heterocycles. The van der Waals surface area contributed by atoms with E-state index in [-0.39, 0.29) is 5.04 Å². The predicted octanol–water partition coefficient (Wildman–Crippen LogP) is 4.99. The standard InChI is InChI=1S/C25H30O3S2Si/c1-21-15-17-22(18-16-21)30(26,27)29-20-19-28-31(25(2,3)4,23-11-7-5-8-12-23)24-13-9-6-10-14-24/h5-18H,19-20H2,1-4H3. The maximum Gasteiger partial charge on any atom is 0.261 e. The van der Waals surface area contributed by atoms with E-state index in [1.165, 1.54) is 10.4 Å². The van der Waals surface area contributed by atoms with E-state index in [1.54, 1.807) is 12.1 Å². The summed E-state index contributed by atoms with van der Waals surface area (Å²) >= 11 is 0. The molecular formula is C25H30O3S2Si. The van der Waals surface area contributed by atoms with Crippen LogP contribution in [0.4, 0.5) is 0 Å². The van der Waals surface area contributed by atoms with E-state index in [4.69, 9.17) is 4.43 Å². The molecule has 3 aromatic carbocycles. The Kier molecular flexibility index (Phi) is 7.47. The summed E-state index contributed by atoms with van der Waals surface area (Å²) in [6.07, 6.45) is 0. The van der Waals surface area contributed by atoms with Gasteiger partial charge in [-0.15, -0.1) is 0 Å². The fourth-order valence-electron chi connectivity index (χ4n) is 3.87. The minimum atomic E-state index is -3.41. The van der Waals surface area contributed by atoms with Gasteiger partial charge in [0.05, 0.1) is 4.90 Å². The number of rotatable bonds is 8. The summed E-state index contributed by atoms with van der Waals surface area (Å²) < 4.78 is 32.2. The second-order valence-electron chi connectivity index (χ2n) is 8.60. The van der Waals surface area contributed by atoms with Gasteiger partial charge in [-0.2, -0.15) is 0 Å². The molecule has 3 rings (SSSR count). The Labute approximate surface area is 191 Å². The molecule has 0 heterocycles. The van der Waals surface area contributed by atoms with Gasteiger partial charge in [0, 0.05) is 12.4 Å². The van der Waals surface area contributed by atoms with Crippen LogP contribution in [-0.2, 0) is 13.3 Å². The van der Waals surface area contributed by atoms with E-state index >= 15 is 0 Å². The fourth-order valence-corrected chi connectivity index (χ4v) is 11.2. The van der Waals surface area contributed by atoms with Crippen LogP contribution in [0.1, 0.15) is 26.3 Å². The molecule has 0 aliphatic rings. The van der Waals surface area contributed by atoms with Gasteiger partial charge in [-0.1, -0.05) is 99.1 Å². The first-order valence-corrected chi connectivity index (χ1v) is 15.3. The van der Waals surface area contributed by atoms with Gasteiger partial charge in [0.1, 0.15) is 0 Å². The molecule has 0 saturated carbocycles. The van der Waals surface area contributed by atoms with Crippen molar-refractivity contribution in [2.45, 2.75) is 37.6 Å². The van der Waals surface area contributed by atoms with Crippen molar-refractivity contribution < 1.29 is 12.8 Å². The van der Waals surface area contributed by atoms with Crippen LogP contribution in [-0.4, -0.2) is 29.1 Å². The van der Waals surface area contributed by atoms with E-state index in [1.807, 2.05) is 55.5 Å². The Bertz CT molecular complexity index is 1040. The van der Waals surface area contributed by atoms with E-state index in [9.17, 15) is 8.42 Å². The molecule has 0 fully saturated rings. The first-order valence-electron chi connectivity index (χ1n) is 10.4. The third-order valence-corrected chi connectivity index (χ3v) is 13.9. The number of aryl methyl sites for hydroxylation is 1. The summed E-state index contributed by atoms with van der Waals surface area (Å²) in [7, 11) is -5.10. The molecule has 0 radical (unpaired) electrons. The zero-order valence-corrected chi connectivity index (χ0v) is 21.2. The lowest BCUT2D eigenvalue weighted by molar-refractivity contribution is 0.322. The lowest BCUT2D eigenvalue weighted by atomic mass is 10.2. The van der Waals surface area contributed by atoms with E-state index in [2.05, 4.69) is 45.0 Å². The van der Waals surface area contributed by atoms with Gasteiger partial charge in [0.25, 0.3) is 8.32 Å². The largest absolute Gasteiger partial charge is 0.407 e. The van der Waals surface area contributed by atoms with Crippen LogP contribution in [0.2, 0.25) is 5.04 Å². The molecule has 164 valence electrons. The average molecular weight is 471 g/mol. The Balaban J connectivity index is 1.85. The summed E-state index contributed by atoms with van der Waals surface area (Å²) in [5.74, 6) is 0.376. The SMILES string of the molecule is Cc1ccc(S(=O)(=O)SCCO[Si](c2ccccc2)(c2ccccc2)C(C)(C)C)cc1. The molecule has 6 heteroatoms. The number of benzene rings is 3. The van der Waals surface area contributed by atoms with Gasteiger partial charge in [0.15, 0.2) is 0 Å². The van der Waals surface area contributed by atoms with Crippen LogP contribution in [0.3, 0.4) is 0 Å². The minimum Gasteiger partial charge on any atom is -0.407 e. The fraction of sp³-hybridized carbons (Fsp3) is 0.280. The topological polar surface area (TPSA) is 43.4 Å². The molecule has 0 amide bonds. The molecule has 0 atom stereocenters. The van der Waals surface area contributed by atoms with Gasteiger partial charge < -0.3 is 4.43 Å². The Morgan fingerprint density at radius 1 is 0.806 bits per heavy atom. The lowest BCUT2D eigenvalue weighted by Crippen LogP contribution is -2.66. The molecule has 31 heavy (non-hydrogen) atoms. The molecule has 0 aliphatic carbocycles. The lowest BCUT2D eigenvalue weighted by Gasteiger charge is -2.43. The zero-order chi connectivity index (χ0) is 22.5. The molecule has 0 aliphatic heterocycles. The monoisotopic (exact) mass is 470 g/mol. The Morgan fingerprint density at radius 3 is 1.74 bits per heavy atom. The molecule has 0 unspecified atom stereocenters. The summed E-state index contributed by atoms with van der Waals surface area (Å²) in [5, 5.41) is 2.26.